The first-order valence-corrected chi connectivity index (χ1v) is 8.00. The van der Waals surface area contributed by atoms with Gasteiger partial charge in [0, 0.05) is 26.2 Å². The van der Waals surface area contributed by atoms with Gasteiger partial charge in [-0.1, -0.05) is 19.1 Å². The number of hydrogen-bond acceptors (Lipinski definition) is 4. The fourth-order valence-electron chi connectivity index (χ4n) is 3.33. The van der Waals surface area contributed by atoms with Crippen LogP contribution in [-0.2, 0) is 9.59 Å². The number of carbonyl (C=O) groups excluding carboxylic acids is 2. The molecular formula is C17H23N3O2. The molecule has 2 heterocycles. The summed E-state index contributed by atoms with van der Waals surface area (Å²) in [6.45, 7) is 8.83. The van der Waals surface area contributed by atoms with E-state index in [9.17, 15) is 9.59 Å². The number of anilines is 1. The van der Waals surface area contributed by atoms with Gasteiger partial charge in [-0.2, -0.15) is 0 Å². The molecule has 3 rings (SSSR count). The Morgan fingerprint density at radius 2 is 1.86 bits per heavy atom. The molecule has 0 unspecified atom stereocenters. The van der Waals surface area contributed by atoms with Crippen LogP contribution < -0.4 is 4.90 Å². The van der Waals surface area contributed by atoms with Crippen molar-refractivity contribution in [3.63, 3.8) is 0 Å². The first-order valence-electron chi connectivity index (χ1n) is 8.00. The molecule has 22 heavy (non-hydrogen) atoms. The van der Waals surface area contributed by atoms with Crippen LogP contribution in [-0.4, -0.2) is 60.4 Å². The lowest BCUT2D eigenvalue weighted by molar-refractivity contribution is -0.123. The normalized spacial score (nSPS) is 24.3. The average Bonchev–Trinajstić information content (AvgIpc) is 2.82. The SMILES string of the molecule is CCN1CCN([C@H]2CC(=O)N(c3cccc(C)c3)C2=O)CC1. The lowest BCUT2D eigenvalue weighted by atomic mass is 10.1. The van der Waals surface area contributed by atoms with E-state index in [0.29, 0.717) is 12.1 Å². The van der Waals surface area contributed by atoms with Gasteiger partial charge in [-0.25, -0.2) is 4.90 Å². The molecule has 5 nitrogen and oxygen atoms in total. The second-order valence-corrected chi connectivity index (χ2v) is 6.10. The van der Waals surface area contributed by atoms with Crippen molar-refractivity contribution >= 4 is 17.5 Å². The number of benzene rings is 1. The Kier molecular flexibility index (Phi) is 4.27. The molecule has 1 aromatic rings. The van der Waals surface area contributed by atoms with Crippen LogP contribution in [0.4, 0.5) is 5.69 Å². The third kappa shape index (κ3) is 2.78. The molecule has 2 amide bonds. The molecular weight excluding hydrogens is 278 g/mol. The van der Waals surface area contributed by atoms with Gasteiger partial charge < -0.3 is 4.90 Å². The van der Waals surface area contributed by atoms with Crippen molar-refractivity contribution in [3.05, 3.63) is 29.8 Å². The van der Waals surface area contributed by atoms with Gasteiger partial charge in [-0.15, -0.1) is 0 Å². The summed E-state index contributed by atoms with van der Waals surface area (Å²) in [6.07, 6.45) is 0.304. The van der Waals surface area contributed by atoms with Crippen LogP contribution in [0.5, 0.6) is 0 Å². The van der Waals surface area contributed by atoms with Crippen molar-refractivity contribution in [1.29, 1.82) is 0 Å². The van der Waals surface area contributed by atoms with E-state index in [-0.39, 0.29) is 17.9 Å². The van der Waals surface area contributed by atoms with Crippen LogP contribution in [0.25, 0.3) is 0 Å². The van der Waals surface area contributed by atoms with Gasteiger partial charge >= 0.3 is 0 Å². The number of hydrogen-bond donors (Lipinski definition) is 0. The van der Waals surface area contributed by atoms with Crippen LogP contribution in [0.3, 0.4) is 0 Å². The molecule has 2 aliphatic rings. The molecule has 0 aromatic heterocycles. The molecule has 118 valence electrons. The number of rotatable bonds is 3. The van der Waals surface area contributed by atoms with Crippen molar-refractivity contribution in [2.75, 3.05) is 37.6 Å². The monoisotopic (exact) mass is 301 g/mol. The van der Waals surface area contributed by atoms with Crippen LogP contribution in [0, 0.1) is 6.92 Å². The maximum Gasteiger partial charge on any atom is 0.251 e. The Balaban J connectivity index is 1.75. The topological polar surface area (TPSA) is 43.9 Å². The highest BCUT2D eigenvalue weighted by atomic mass is 16.2. The highest BCUT2D eigenvalue weighted by Crippen LogP contribution is 2.26. The molecule has 0 N–H and O–H groups in total. The summed E-state index contributed by atoms with van der Waals surface area (Å²) in [4.78, 5) is 31.0. The Morgan fingerprint density at radius 1 is 1.14 bits per heavy atom. The fraction of sp³-hybridized carbons (Fsp3) is 0.529. The van der Waals surface area contributed by atoms with Crippen LogP contribution in [0.2, 0.25) is 0 Å². The predicted molar refractivity (Wildman–Crippen MR) is 85.8 cm³/mol. The Morgan fingerprint density at radius 3 is 2.50 bits per heavy atom. The zero-order chi connectivity index (χ0) is 15.7. The standard InChI is InChI=1S/C17H23N3O2/c1-3-18-7-9-19(10-8-18)15-12-16(21)20(17(15)22)14-6-4-5-13(2)11-14/h4-6,11,15H,3,7-10,12H2,1-2H3/t15-/m0/s1. The highest BCUT2D eigenvalue weighted by molar-refractivity contribution is 6.22. The highest BCUT2D eigenvalue weighted by Gasteiger charge is 2.43. The van der Waals surface area contributed by atoms with Crippen LogP contribution in [0.1, 0.15) is 18.9 Å². The molecule has 1 aromatic carbocycles. The van der Waals surface area contributed by atoms with Crippen molar-refractivity contribution in [2.24, 2.45) is 0 Å². The molecule has 0 radical (unpaired) electrons. The minimum atomic E-state index is -0.285. The zero-order valence-electron chi connectivity index (χ0n) is 13.3. The van der Waals surface area contributed by atoms with Gasteiger partial charge in [-0.05, 0) is 31.2 Å². The molecule has 1 atom stereocenters. The summed E-state index contributed by atoms with van der Waals surface area (Å²) < 4.78 is 0. The first kappa shape index (κ1) is 15.2. The number of aryl methyl sites for hydroxylation is 1. The van der Waals surface area contributed by atoms with Gasteiger partial charge in [0.25, 0.3) is 5.91 Å². The quantitative estimate of drug-likeness (QED) is 0.789. The molecule has 0 aliphatic carbocycles. The van der Waals surface area contributed by atoms with E-state index in [4.69, 9.17) is 0 Å². The summed E-state index contributed by atoms with van der Waals surface area (Å²) in [6, 6.07) is 7.30. The van der Waals surface area contributed by atoms with E-state index in [1.165, 1.54) is 4.90 Å². The van der Waals surface area contributed by atoms with E-state index < -0.39 is 0 Å². The number of piperazine rings is 1. The summed E-state index contributed by atoms with van der Waals surface area (Å²) in [5, 5.41) is 0. The van der Waals surface area contributed by atoms with Crippen molar-refractivity contribution in [2.45, 2.75) is 26.3 Å². The molecule has 0 spiro atoms. The smallest absolute Gasteiger partial charge is 0.251 e. The predicted octanol–water partition coefficient (Wildman–Crippen LogP) is 1.26. The molecule has 5 heteroatoms. The second-order valence-electron chi connectivity index (χ2n) is 6.10. The fourth-order valence-corrected chi connectivity index (χ4v) is 3.33. The second kappa shape index (κ2) is 6.18. The van der Waals surface area contributed by atoms with E-state index in [1.54, 1.807) is 0 Å². The van der Waals surface area contributed by atoms with Crippen LogP contribution >= 0.6 is 0 Å². The Labute approximate surface area is 131 Å². The lowest BCUT2D eigenvalue weighted by Gasteiger charge is -2.36. The summed E-state index contributed by atoms with van der Waals surface area (Å²) >= 11 is 0. The molecule has 0 bridgehead atoms. The van der Waals surface area contributed by atoms with Gasteiger partial charge in [0.15, 0.2) is 0 Å². The van der Waals surface area contributed by atoms with E-state index >= 15 is 0 Å². The van der Waals surface area contributed by atoms with Gasteiger partial charge in [0.2, 0.25) is 5.91 Å². The third-order valence-corrected chi connectivity index (χ3v) is 4.68. The molecule has 2 saturated heterocycles. The minimum absolute atomic E-state index is 0.0689. The molecule has 0 saturated carbocycles. The molecule has 2 aliphatic heterocycles. The number of likely N-dealkylation sites (N-methyl/N-ethyl adjacent to an activating group) is 1. The third-order valence-electron chi connectivity index (χ3n) is 4.68. The number of amides is 2. The average molecular weight is 301 g/mol. The number of nitrogens with zero attached hydrogens (tertiary/aromatic N) is 3. The van der Waals surface area contributed by atoms with Gasteiger partial charge in [0.05, 0.1) is 18.2 Å². The lowest BCUT2D eigenvalue weighted by Crippen LogP contribution is -2.52. The van der Waals surface area contributed by atoms with Crippen molar-refractivity contribution < 1.29 is 9.59 Å². The van der Waals surface area contributed by atoms with E-state index in [2.05, 4.69) is 16.7 Å². The summed E-state index contributed by atoms with van der Waals surface area (Å²) in [5.74, 6) is -0.154. The molecule has 2 fully saturated rings. The summed E-state index contributed by atoms with van der Waals surface area (Å²) in [7, 11) is 0. The maximum absolute atomic E-state index is 12.7. The van der Waals surface area contributed by atoms with Crippen molar-refractivity contribution in [3.8, 4) is 0 Å². The Bertz CT molecular complexity index is 579. The van der Waals surface area contributed by atoms with Crippen LogP contribution in [0.15, 0.2) is 24.3 Å². The largest absolute Gasteiger partial charge is 0.301 e. The zero-order valence-corrected chi connectivity index (χ0v) is 13.3. The number of carbonyl (C=O) groups is 2. The van der Waals surface area contributed by atoms with E-state index in [0.717, 1.165) is 38.3 Å². The maximum atomic E-state index is 12.7. The van der Waals surface area contributed by atoms with E-state index in [1.807, 2.05) is 31.2 Å². The van der Waals surface area contributed by atoms with Crippen molar-refractivity contribution in [1.82, 2.24) is 9.80 Å². The van der Waals surface area contributed by atoms with Gasteiger partial charge in [-0.3, -0.25) is 14.5 Å². The Hall–Kier alpha value is -1.72. The summed E-state index contributed by atoms with van der Waals surface area (Å²) in [5.41, 5.74) is 1.75. The minimum Gasteiger partial charge on any atom is -0.301 e. The number of imide groups is 1. The van der Waals surface area contributed by atoms with Gasteiger partial charge in [0.1, 0.15) is 0 Å². The first-order chi connectivity index (χ1) is 10.6.